The van der Waals surface area contributed by atoms with Gasteiger partial charge in [-0.3, -0.25) is 0 Å². The Hall–Kier alpha value is -0.340. The van der Waals surface area contributed by atoms with Crippen molar-refractivity contribution in [2.75, 3.05) is 20.2 Å². The van der Waals surface area contributed by atoms with Gasteiger partial charge in [0.15, 0.2) is 0 Å². The Kier molecular flexibility index (Phi) is 4.46. The Morgan fingerprint density at radius 3 is 2.85 bits per heavy atom. The molecule has 0 amide bonds. The normalized spacial score (nSPS) is 24.3. The van der Waals surface area contributed by atoms with Gasteiger partial charge in [-0.1, -0.05) is 25.5 Å². The molecule has 1 unspecified atom stereocenters. The molecule has 1 rings (SSSR count). The molecule has 0 aliphatic carbocycles. The maximum absolute atomic E-state index is 5.58. The van der Waals surface area contributed by atoms with Crippen molar-refractivity contribution >= 4 is 0 Å². The van der Waals surface area contributed by atoms with Crippen molar-refractivity contribution < 1.29 is 4.74 Å². The third-order valence-corrected chi connectivity index (χ3v) is 2.49. The van der Waals surface area contributed by atoms with Crippen molar-refractivity contribution in [1.82, 2.24) is 5.32 Å². The quantitative estimate of drug-likeness (QED) is 0.673. The maximum atomic E-state index is 5.58. The number of rotatable bonds is 4. The fourth-order valence-electron chi connectivity index (χ4n) is 1.63. The van der Waals surface area contributed by atoms with Gasteiger partial charge in [0.25, 0.3) is 0 Å². The molecule has 2 nitrogen and oxygen atoms in total. The van der Waals surface area contributed by atoms with Gasteiger partial charge in [-0.05, 0) is 25.8 Å². The van der Waals surface area contributed by atoms with Crippen molar-refractivity contribution in [3.63, 3.8) is 0 Å². The van der Waals surface area contributed by atoms with Crippen LogP contribution in [0.4, 0.5) is 0 Å². The fraction of sp³-hybridized carbons (Fsp3) is 0.818. The maximum Gasteiger partial charge on any atom is 0.0759 e. The second kappa shape index (κ2) is 5.40. The summed E-state index contributed by atoms with van der Waals surface area (Å²) < 4.78 is 5.58. The first-order valence-electron chi connectivity index (χ1n) is 5.21. The lowest BCUT2D eigenvalue weighted by Gasteiger charge is -2.13. The van der Waals surface area contributed by atoms with Crippen LogP contribution in [0.5, 0.6) is 0 Å². The topological polar surface area (TPSA) is 21.3 Å². The van der Waals surface area contributed by atoms with Crippen LogP contribution in [0.25, 0.3) is 0 Å². The minimum absolute atomic E-state index is 0.380. The molecule has 1 atom stereocenters. The first-order valence-corrected chi connectivity index (χ1v) is 5.21. The summed E-state index contributed by atoms with van der Waals surface area (Å²) in [7, 11) is 1.99. The molecule has 1 aliphatic heterocycles. The lowest BCUT2D eigenvalue weighted by molar-refractivity contribution is 0.144. The summed E-state index contributed by atoms with van der Waals surface area (Å²) in [6.45, 7) is 6.39. The van der Waals surface area contributed by atoms with E-state index in [1.807, 2.05) is 7.05 Å². The Morgan fingerprint density at radius 2 is 2.38 bits per heavy atom. The van der Waals surface area contributed by atoms with Gasteiger partial charge < -0.3 is 10.1 Å². The molecule has 1 N–H and O–H groups in total. The van der Waals surface area contributed by atoms with E-state index in [1.54, 1.807) is 0 Å². The van der Waals surface area contributed by atoms with Gasteiger partial charge in [0, 0.05) is 13.2 Å². The van der Waals surface area contributed by atoms with Crippen LogP contribution in [-0.4, -0.2) is 26.3 Å². The zero-order chi connectivity index (χ0) is 9.68. The van der Waals surface area contributed by atoms with Crippen LogP contribution < -0.4 is 5.32 Å². The lowest BCUT2D eigenvalue weighted by atomic mass is 10.0. The standard InChI is InChI=1S/C11H21NO/c1-9(2)10(8-12-3)7-11-5-4-6-13-11/h7,9,11-12H,4-6,8H2,1-3H3. The molecular formula is C11H21NO. The van der Waals surface area contributed by atoms with E-state index in [1.165, 1.54) is 18.4 Å². The highest BCUT2D eigenvalue weighted by Crippen LogP contribution is 2.17. The molecule has 1 heterocycles. The van der Waals surface area contributed by atoms with Gasteiger partial charge in [-0.15, -0.1) is 0 Å². The van der Waals surface area contributed by atoms with Gasteiger partial charge >= 0.3 is 0 Å². The lowest BCUT2D eigenvalue weighted by Crippen LogP contribution is -2.16. The van der Waals surface area contributed by atoms with Gasteiger partial charge in [-0.25, -0.2) is 0 Å². The molecule has 0 aromatic rings. The minimum atomic E-state index is 0.380. The minimum Gasteiger partial charge on any atom is -0.374 e. The number of likely N-dealkylation sites (N-methyl/N-ethyl adjacent to an activating group) is 1. The third-order valence-electron chi connectivity index (χ3n) is 2.49. The number of hydrogen-bond acceptors (Lipinski definition) is 2. The smallest absolute Gasteiger partial charge is 0.0759 e. The van der Waals surface area contributed by atoms with E-state index in [-0.39, 0.29) is 0 Å². The molecule has 0 aromatic carbocycles. The largest absolute Gasteiger partial charge is 0.374 e. The highest BCUT2D eigenvalue weighted by molar-refractivity contribution is 5.10. The summed E-state index contributed by atoms with van der Waals surface area (Å²) in [4.78, 5) is 0. The SMILES string of the molecule is CNCC(=CC1CCCO1)C(C)C. The molecule has 0 bridgehead atoms. The molecule has 0 aromatic heterocycles. The second-order valence-corrected chi connectivity index (χ2v) is 3.98. The Labute approximate surface area is 81.4 Å². The van der Waals surface area contributed by atoms with Crippen LogP contribution in [0.2, 0.25) is 0 Å². The van der Waals surface area contributed by atoms with Crippen LogP contribution in [0, 0.1) is 5.92 Å². The first kappa shape index (κ1) is 10.7. The van der Waals surface area contributed by atoms with Gasteiger partial charge in [-0.2, -0.15) is 0 Å². The van der Waals surface area contributed by atoms with E-state index < -0.39 is 0 Å². The Morgan fingerprint density at radius 1 is 1.62 bits per heavy atom. The van der Waals surface area contributed by atoms with Crippen molar-refractivity contribution in [1.29, 1.82) is 0 Å². The van der Waals surface area contributed by atoms with E-state index in [0.29, 0.717) is 12.0 Å². The Balaban J connectivity index is 2.50. The van der Waals surface area contributed by atoms with Crippen molar-refractivity contribution in [3.8, 4) is 0 Å². The molecule has 1 aliphatic rings. The van der Waals surface area contributed by atoms with E-state index in [9.17, 15) is 0 Å². The zero-order valence-corrected chi connectivity index (χ0v) is 8.97. The number of ether oxygens (including phenoxy) is 1. The summed E-state index contributed by atoms with van der Waals surface area (Å²) in [6, 6.07) is 0. The first-order chi connectivity index (χ1) is 6.24. The van der Waals surface area contributed by atoms with Gasteiger partial charge in [0.05, 0.1) is 6.10 Å². The van der Waals surface area contributed by atoms with Crippen molar-refractivity contribution in [2.24, 2.45) is 5.92 Å². The molecule has 76 valence electrons. The highest BCUT2D eigenvalue weighted by atomic mass is 16.5. The van der Waals surface area contributed by atoms with E-state index in [2.05, 4.69) is 25.2 Å². The summed E-state index contributed by atoms with van der Waals surface area (Å²) in [5.74, 6) is 0.622. The molecule has 2 heteroatoms. The second-order valence-electron chi connectivity index (χ2n) is 3.98. The average molecular weight is 183 g/mol. The van der Waals surface area contributed by atoms with Crippen molar-refractivity contribution in [2.45, 2.75) is 32.8 Å². The predicted octanol–water partition coefficient (Wildman–Crippen LogP) is 1.97. The monoisotopic (exact) mass is 183 g/mol. The molecule has 13 heavy (non-hydrogen) atoms. The number of hydrogen-bond donors (Lipinski definition) is 1. The van der Waals surface area contributed by atoms with Crippen LogP contribution in [0.1, 0.15) is 26.7 Å². The van der Waals surface area contributed by atoms with Crippen LogP contribution >= 0.6 is 0 Å². The third kappa shape index (κ3) is 3.49. The summed E-state index contributed by atoms with van der Waals surface area (Å²) >= 11 is 0. The zero-order valence-electron chi connectivity index (χ0n) is 8.97. The van der Waals surface area contributed by atoms with Crippen LogP contribution in [0.3, 0.4) is 0 Å². The van der Waals surface area contributed by atoms with E-state index >= 15 is 0 Å². The number of nitrogens with one attached hydrogen (secondary N) is 1. The molecule has 1 saturated heterocycles. The van der Waals surface area contributed by atoms with Gasteiger partial charge in [0.1, 0.15) is 0 Å². The van der Waals surface area contributed by atoms with Crippen LogP contribution in [0.15, 0.2) is 11.6 Å². The van der Waals surface area contributed by atoms with Gasteiger partial charge in [0.2, 0.25) is 0 Å². The summed E-state index contributed by atoms with van der Waals surface area (Å²) in [6.07, 6.45) is 5.09. The van der Waals surface area contributed by atoms with E-state index in [4.69, 9.17) is 4.74 Å². The Bertz CT molecular complexity index is 169. The molecule has 1 fully saturated rings. The highest BCUT2D eigenvalue weighted by Gasteiger charge is 2.14. The molecule has 0 spiro atoms. The molecule has 0 radical (unpaired) electrons. The van der Waals surface area contributed by atoms with E-state index in [0.717, 1.165) is 13.2 Å². The summed E-state index contributed by atoms with van der Waals surface area (Å²) in [5.41, 5.74) is 1.47. The average Bonchev–Trinajstić information content (AvgIpc) is 2.56. The molecule has 0 saturated carbocycles. The van der Waals surface area contributed by atoms with Crippen LogP contribution in [-0.2, 0) is 4.74 Å². The van der Waals surface area contributed by atoms with Crippen molar-refractivity contribution in [3.05, 3.63) is 11.6 Å². The predicted molar refractivity (Wildman–Crippen MR) is 55.8 cm³/mol. The molecular weight excluding hydrogens is 162 g/mol. The summed E-state index contributed by atoms with van der Waals surface area (Å²) in [5, 5.41) is 3.20. The fourth-order valence-corrected chi connectivity index (χ4v) is 1.63.